The Hall–Kier alpha value is -0.920. The number of carbonyl (C=O) groups is 1. The maximum Gasteiger partial charge on any atom is 0.183 e. The Morgan fingerprint density at radius 2 is 2.14 bits per heavy atom. The quantitative estimate of drug-likeness (QED) is 0.660. The molecule has 1 aliphatic heterocycles. The lowest BCUT2D eigenvalue weighted by atomic mass is 9.97. The Labute approximate surface area is 85.1 Å². The molecule has 1 unspecified atom stereocenters. The highest BCUT2D eigenvalue weighted by Crippen LogP contribution is 2.29. The molecule has 14 heavy (non-hydrogen) atoms. The van der Waals surface area contributed by atoms with Crippen LogP contribution in [0.1, 0.15) is 39.0 Å². The second-order valence-electron chi connectivity index (χ2n) is 4.43. The molecule has 0 aromatic carbocycles. The number of hydrogen-bond acceptors (Lipinski definition) is 2. The summed E-state index contributed by atoms with van der Waals surface area (Å²) in [6, 6.07) is 0. The van der Waals surface area contributed by atoms with E-state index in [-0.39, 0.29) is 11.7 Å². The van der Waals surface area contributed by atoms with E-state index >= 15 is 0 Å². The molecule has 0 N–H and O–H groups in total. The van der Waals surface area contributed by atoms with Crippen molar-refractivity contribution in [2.75, 3.05) is 0 Å². The van der Waals surface area contributed by atoms with Gasteiger partial charge in [-0.05, 0) is 25.2 Å². The summed E-state index contributed by atoms with van der Waals surface area (Å²) in [4.78, 5) is 16.2. The highest BCUT2D eigenvalue weighted by Gasteiger charge is 2.25. The van der Waals surface area contributed by atoms with Gasteiger partial charge in [0.25, 0.3) is 0 Å². The molecule has 1 aliphatic carbocycles. The first-order valence-electron chi connectivity index (χ1n) is 5.56. The van der Waals surface area contributed by atoms with Crippen molar-refractivity contribution in [3.63, 3.8) is 0 Å². The standard InChI is InChI=1S/C12H17NO/c1-9-6-7-11(13-8-9)12(14)10-4-2-3-5-10/h7-10H,2-6H2,1H3. The molecular formula is C12H17NO. The van der Waals surface area contributed by atoms with Crippen LogP contribution in [0.15, 0.2) is 16.8 Å². The van der Waals surface area contributed by atoms with Gasteiger partial charge >= 0.3 is 0 Å². The van der Waals surface area contributed by atoms with Crippen LogP contribution >= 0.6 is 0 Å². The second-order valence-corrected chi connectivity index (χ2v) is 4.43. The van der Waals surface area contributed by atoms with Gasteiger partial charge in [0.2, 0.25) is 0 Å². The van der Waals surface area contributed by atoms with Crippen molar-refractivity contribution in [3.05, 3.63) is 11.8 Å². The van der Waals surface area contributed by atoms with E-state index in [1.165, 1.54) is 12.8 Å². The summed E-state index contributed by atoms with van der Waals surface area (Å²) in [5.74, 6) is 1.05. The number of allylic oxidation sites excluding steroid dienone is 2. The molecule has 2 rings (SSSR count). The zero-order chi connectivity index (χ0) is 9.97. The van der Waals surface area contributed by atoms with Crippen molar-refractivity contribution < 1.29 is 4.79 Å². The molecule has 2 heteroatoms. The monoisotopic (exact) mass is 191 g/mol. The van der Waals surface area contributed by atoms with Crippen molar-refractivity contribution >= 4 is 12.0 Å². The molecule has 0 bridgehead atoms. The number of aliphatic imine (C=N–C) groups is 1. The predicted octanol–water partition coefficient (Wildman–Crippen LogP) is 2.74. The average molecular weight is 191 g/mol. The highest BCUT2D eigenvalue weighted by molar-refractivity contribution is 5.98. The normalized spacial score (nSPS) is 27.8. The van der Waals surface area contributed by atoms with Crippen molar-refractivity contribution in [2.24, 2.45) is 16.8 Å². The van der Waals surface area contributed by atoms with Crippen molar-refractivity contribution in [2.45, 2.75) is 39.0 Å². The van der Waals surface area contributed by atoms with Gasteiger partial charge in [-0.2, -0.15) is 0 Å². The molecular weight excluding hydrogens is 174 g/mol. The van der Waals surface area contributed by atoms with Gasteiger partial charge in [0.15, 0.2) is 5.78 Å². The lowest BCUT2D eigenvalue weighted by Crippen LogP contribution is -2.15. The number of rotatable bonds is 2. The molecule has 1 atom stereocenters. The minimum absolute atomic E-state index is 0.270. The third-order valence-corrected chi connectivity index (χ3v) is 3.13. The van der Waals surface area contributed by atoms with Crippen LogP contribution in [0, 0.1) is 11.8 Å². The zero-order valence-electron chi connectivity index (χ0n) is 8.70. The van der Waals surface area contributed by atoms with Crippen LogP contribution in [0.2, 0.25) is 0 Å². The summed E-state index contributed by atoms with van der Waals surface area (Å²) in [5, 5.41) is 0. The van der Waals surface area contributed by atoms with Crippen LogP contribution in [0.5, 0.6) is 0 Å². The average Bonchev–Trinajstić information content (AvgIpc) is 2.71. The van der Waals surface area contributed by atoms with Gasteiger partial charge < -0.3 is 0 Å². The van der Waals surface area contributed by atoms with E-state index < -0.39 is 0 Å². The van der Waals surface area contributed by atoms with E-state index in [1.807, 2.05) is 12.3 Å². The summed E-state index contributed by atoms with van der Waals surface area (Å²) in [6.45, 7) is 2.12. The van der Waals surface area contributed by atoms with E-state index in [0.29, 0.717) is 5.92 Å². The van der Waals surface area contributed by atoms with Crippen LogP contribution in [0.3, 0.4) is 0 Å². The number of hydrogen-bond donors (Lipinski definition) is 0. The van der Waals surface area contributed by atoms with Gasteiger partial charge in [-0.15, -0.1) is 0 Å². The van der Waals surface area contributed by atoms with Gasteiger partial charge in [-0.1, -0.05) is 25.8 Å². The molecule has 1 fully saturated rings. The molecule has 2 nitrogen and oxygen atoms in total. The van der Waals surface area contributed by atoms with Gasteiger partial charge in [-0.25, -0.2) is 0 Å². The molecule has 0 spiro atoms. The number of nitrogens with zero attached hydrogens (tertiary/aromatic N) is 1. The molecule has 0 amide bonds. The maximum atomic E-state index is 11.9. The lowest BCUT2D eigenvalue weighted by Gasteiger charge is -2.13. The minimum Gasteiger partial charge on any atom is -0.292 e. The van der Waals surface area contributed by atoms with E-state index in [4.69, 9.17) is 0 Å². The molecule has 2 aliphatic rings. The number of Topliss-reactive ketones (excluding diaryl/α,β-unsaturated/α-hetero) is 1. The Balaban J connectivity index is 2.01. The summed E-state index contributed by atoms with van der Waals surface area (Å²) in [7, 11) is 0. The number of ketones is 1. The molecule has 1 heterocycles. The van der Waals surface area contributed by atoms with E-state index in [1.54, 1.807) is 0 Å². The van der Waals surface area contributed by atoms with Crippen LogP contribution in [0.4, 0.5) is 0 Å². The maximum absolute atomic E-state index is 11.9. The molecule has 1 saturated carbocycles. The van der Waals surface area contributed by atoms with Crippen LogP contribution in [0.25, 0.3) is 0 Å². The van der Waals surface area contributed by atoms with Gasteiger partial charge in [0.1, 0.15) is 5.70 Å². The fourth-order valence-electron chi connectivity index (χ4n) is 2.18. The summed E-state index contributed by atoms with van der Waals surface area (Å²) in [5.41, 5.74) is 0.718. The van der Waals surface area contributed by atoms with E-state index in [2.05, 4.69) is 11.9 Å². The van der Waals surface area contributed by atoms with Gasteiger partial charge in [0, 0.05) is 12.1 Å². The fourth-order valence-corrected chi connectivity index (χ4v) is 2.18. The molecule has 76 valence electrons. The first-order chi connectivity index (χ1) is 6.77. The summed E-state index contributed by atoms with van der Waals surface area (Å²) in [6.07, 6.45) is 9.45. The predicted molar refractivity (Wildman–Crippen MR) is 57.3 cm³/mol. The smallest absolute Gasteiger partial charge is 0.183 e. The molecule has 0 aromatic heterocycles. The third kappa shape index (κ3) is 1.94. The van der Waals surface area contributed by atoms with Crippen molar-refractivity contribution in [1.29, 1.82) is 0 Å². The molecule has 0 radical (unpaired) electrons. The Kier molecular flexibility index (Phi) is 2.80. The SMILES string of the molecule is CC1C=NC(C(=O)C2CCCC2)=CC1. The zero-order valence-corrected chi connectivity index (χ0v) is 8.70. The fraction of sp³-hybridized carbons (Fsp3) is 0.667. The summed E-state index contributed by atoms with van der Waals surface area (Å²) < 4.78 is 0. The lowest BCUT2D eigenvalue weighted by molar-refractivity contribution is -0.119. The van der Waals surface area contributed by atoms with E-state index in [9.17, 15) is 4.79 Å². The Morgan fingerprint density at radius 1 is 1.43 bits per heavy atom. The second kappa shape index (κ2) is 4.07. The van der Waals surface area contributed by atoms with Gasteiger partial charge in [-0.3, -0.25) is 9.79 Å². The number of carbonyl (C=O) groups excluding carboxylic acids is 1. The first-order valence-corrected chi connectivity index (χ1v) is 5.56. The Morgan fingerprint density at radius 3 is 2.71 bits per heavy atom. The highest BCUT2D eigenvalue weighted by atomic mass is 16.1. The van der Waals surface area contributed by atoms with Crippen LogP contribution < -0.4 is 0 Å². The topological polar surface area (TPSA) is 29.4 Å². The Bertz CT molecular complexity index is 285. The van der Waals surface area contributed by atoms with Crippen LogP contribution in [-0.2, 0) is 4.79 Å². The summed E-state index contributed by atoms with van der Waals surface area (Å²) >= 11 is 0. The van der Waals surface area contributed by atoms with Crippen LogP contribution in [-0.4, -0.2) is 12.0 Å². The largest absolute Gasteiger partial charge is 0.292 e. The third-order valence-electron chi connectivity index (χ3n) is 3.13. The first kappa shape index (κ1) is 9.63. The minimum atomic E-state index is 0.270. The molecule has 0 aromatic rings. The van der Waals surface area contributed by atoms with Gasteiger partial charge in [0.05, 0.1) is 0 Å². The van der Waals surface area contributed by atoms with Crippen molar-refractivity contribution in [1.82, 2.24) is 0 Å². The molecule has 0 saturated heterocycles. The van der Waals surface area contributed by atoms with Crippen molar-refractivity contribution in [3.8, 4) is 0 Å². The van der Waals surface area contributed by atoms with E-state index in [0.717, 1.165) is 25.0 Å².